The van der Waals surface area contributed by atoms with E-state index in [9.17, 15) is 8.42 Å². The van der Waals surface area contributed by atoms with Gasteiger partial charge >= 0.3 is 0 Å². The van der Waals surface area contributed by atoms with Gasteiger partial charge in [0.05, 0.1) is 10.9 Å². The highest BCUT2D eigenvalue weighted by atomic mass is 35.5. The number of nitrogens with zero attached hydrogens (tertiary/aromatic N) is 1. The van der Waals surface area contributed by atoms with Gasteiger partial charge in [0.2, 0.25) is 10.0 Å². The van der Waals surface area contributed by atoms with Crippen molar-refractivity contribution in [3.63, 3.8) is 0 Å². The molecule has 0 saturated carbocycles. The minimum Gasteiger partial charge on any atom is -0.484 e. The van der Waals surface area contributed by atoms with Gasteiger partial charge in [-0.05, 0) is 74.3 Å². The molecule has 0 spiro atoms. The minimum absolute atomic E-state index is 0.0591. The molecule has 1 aliphatic heterocycles. The Morgan fingerprint density at radius 1 is 1.07 bits per heavy atom. The van der Waals surface area contributed by atoms with Crippen molar-refractivity contribution >= 4 is 33.2 Å². The predicted octanol–water partition coefficient (Wildman–Crippen LogP) is 3.78. The number of hydrogen-bond acceptors (Lipinski definition) is 4. The molecule has 5 nitrogen and oxygen atoms in total. The number of fused-ring (bicyclic) bond motifs is 1. The number of ether oxygens (including phenoxy) is 1. The summed E-state index contributed by atoms with van der Waals surface area (Å²) in [7, 11) is -3.73. The monoisotopic (exact) mass is 426 g/mol. The first-order valence-corrected chi connectivity index (χ1v) is 11.1. The summed E-state index contributed by atoms with van der Waals surface area (Å²) in [6, 6.07) is 10.0. The Morgan fingerprint density at radius 3 is 2.37 bits per heavy atom. The van der Waals surface area contributed by atoms with Gasteiger partial charge < -0.3 is 4.74 Å². The predicted molar refractivity (Wildman–Crippen MR) is 106 cm³/mol. The Labute approximate surface area is 169 Å². The number of hydrogen-bond donors (Lipinski definition) is 1. The number of nitrogens with two attached hydrogens (primary N) is 1. The van der Waals surface area contributed by atoms with Crippen molar-refractivity contribution in [3.8, 4) is 5.75 Å². The highest BCUT2D eigenvalue weighted by molar-refractivity contribution is 7.89. The van der Waals surface area contributed by atoms with Gasteiger partial charge in [0, 0.05) is 15.6 Å². The Morgan fingerprint density at radius 2 is 1.74 bits per heavy atom. The maximum absolute atomic E-state index is 11.5. The minimum atomic E-state index is -3.73. The van der Waals surface area contributed by atoms with E-state index in [4.69, 9.17) is 33.1 Å². The average Bonchev–Trinajstić information content (AvgIpc) is 3.23. The van der Waals surface area contributed by atoms with Crippen molar-refractivity contribution in [1.29, 1.82) is 0 Å². The van der Waals surface area contributed by atoms with E-state index in [1.165, 1.54) is 25.0 Å². The Hall–Kier alpha value is -1.31. The van der Waals surface area contributed by atoms with Crippen LogP contribution >= 0.6 is 23.2 Å². The van der Waals surface area contributed by atoms with Gasteiger partial charge in [0.1, 0.15) is 11.9 Å². The third-order valence-corrected chi connectivity index (χ3v) is 6.77. The normalized spacial score (nSPS) is 22.8. The Kier molecular flexibility index (Phi) is 5.12. The van der Waals surface area contributed by atoms with Gasteiger partial charge in [-0.3, -0.25) is 4.90 Å². The van der Waals surface area contributed by atoms with Crippen molar-refractivity contribution in [2.45, 2.75) is 36.3 Å². The average molecular weight is 427 g/mol. The molecule has 144 valence electrons. The fourth-order valence-electron chi connectivity index (χ4n) is 4.01. The summed E-state index contributed by atoms with van der Waals surface area (Å²) in [6.07, 6.45) is 2.95. The lowest BCUT2D eigenvalue weighted by Crippen LogP contribution is -2.38. The second-order valence-corrected chi connectivity index (χ2v) is 9.43. The second kappa shape index (κ2) is 7.26. The molecule has 0 aromatic heterocycles. The van der Waals surface area contributed by atoms with Crippen molar-refractivity contribution in [1.82, 2.24) is 4.90 Å². The number of halogens is 2. The lowest BCUT2D eigenvalue weighted by molar-refractivity contribution is 0.0941. The third-order valence-electron chi connectivity index (χ3n) is 5.29. The van der Waals surface area contributed by atoms with E-state index in [0.717, 1.165) is 30.6 Å². The largest absolute Gasteiger partial charge is 0.484 e. The highest BCUT2D eigenvalue weighted by Gasteiger charge is 2.40. The van der Waals surface area contributed by atoms with Crippen molar-refractivity contribution in [2.24, 2.45) is 5.14 Å². The third kappa shape index (κ3) is 3.82. The van der Waals surface area contributed by atoms with E-state index >= 15 is 0 Å². The van der Waals surface area contributed by atoms with E-state index in [2.05, 4.69) is 4.90 Å². The van der Waals surface area contributed by atoms with Crippen molar-refractivity contribution < 1.29 is 13.2 Å². The standard InChI is InChI=1S/C19H20Cl2N2O3S/c20-12-9-16-15(17(21)10-12)11-18(23-7-1-2-8-23)19(16)26-13-3-5-14(6-4-13)27(22,24)25/h3-6,9-10,18-19H,1-2,7-8,11H2,(H2,22,24,25). The number of sulfonamides is 1. The second-order valence-electron chi connectivity index (χ2n) is 7.02. The molecule has 2 aliphatic rings. The number of benzene rings is 2. The smallest absolute Gasteiger partial charge is 0.238 e. The van der Waals surface area contributed by atoms with Crippen LogP contribution in [0.2, 0.25) is 10.0 Å². The molecule has 0 radical (unpaired) electrons. The van der Waals surface area contributed by atoms with Crippen LogP contribution in [0, 0.1) is 0 Å². The maximum atomic E-state index is 11.5. The van der Waals surface area contributed by atoms with Gasteiger partial charge in [0.15, 0.2) is 0 Å². The molecule has 0 bridgehead atoms. The van der Waals surface area contributed by atoms with Crippen LogP contribution in [0.3, 0.4) is 0 Å². The van der Waals surface area contributed by atoms with Gasteiger partial charge in [-0.2, -0.15) is 0 Å². The topological polar surface area (TPSA) is 72.6 Å². The van der Waals surface area contributed by atoms with Crippen LogP contribution in [0.25, 0.3) is 0 Å². The molecule has 2 aromatic rings. The fourth-order valence-corrected chi connectivity index (χ4v) is 5.11. The van der Waals surface area contributed by atoms with Gasteiger partial charge in [-0.1, -0.05) is 23.2 Å². The van der Waals surface area contributed by atoms with Crippen LogP contribution in [0.5, 0.6) is 5.75 Å². The van der Waals surface area contributed by atoms with Crippen LogP contribution < -0.4 is 9.88 Å². The lowest BCUT2D eigenvalue weighted by atomic mass is 10.1. The quantitative estimate of drug-likeness (QED) is 0.806. The molecule has 4 rings (SSSR count). The molecule has 0 amide bonds. The van der Waals surface area contributed by atoms with Crippen LogP contribution in [-0.4, -0.2) is 32.4 Å². The molecule has 2 N–H and O–H groups in total. The zero-order valence-electron chi connectivity index (χ0n) is 14.6. The molecule has 2 atom stereocenters. The molecule has 1 saturated heterocycles. The molecule has 2 unspecified atom stereocenters. The number of rotatable bonds is 4. The van der Waals surface area contributed by atoms with Crippen molar-refractivity contribution in [2.75, 3.05) is 13.1 Å². The summed E-state index contributed by atoms with van der Waals surface area (Å²) in [5, 5.41) is 6.41. The first-order valence-electron chi connectivity index (χ1n) is 8.84. The van der Waals surface area contributed by atoms with Gasteiger partial charge in [0.25, 0.3) is 0 Å². The van der Waals surface area contributed by atoms with Gasteiger partial charge in [-0.25, -0.2) is 13.6 Å². The number of likely N-dealkylation sites (tertiary alicyclic amines) is 1. The van der Waals surface area contributed by atoms with E-state index in [-0.39, 0.29) is 17.0 Å². The zero-order valence-corrected chi connectivity index (χ0v) is 16.9. The first-order chi connectivity index (χ1) is 12.8. The number of primary sulfonamides is 1. The molecule has 1 aliphatic carbocycles. The summed E-state index contributed by atoms with van der Waals surface area (Å²) in [5.41, 5.74) is 2.07. The molecule has 27 heavy (non-hydrogen) atoms. The zero-order chi connectivity index (χ0) is 19.2. The summed E-state index contributed by atoms with van der Waals surface area (Å²) >= 11 is 12.7. The Bertz CT molecular complexity index is 958. The molecule has 1 heterocycles. The van der Waals surface area contributed by atoms with E-state index in [0.29, 0.717) is 15.8 Å². The molecule has 8 heteroatoms. The van der Waals surface area contributed by atoms with Crippen LogP contribution in [-0.2, 0) is 16.4 Å². The highest BCUT2D eigenvalue weighted by Crippen LogP contribution is 2.43. The lowest BCUT2D eigenvalue weighted by Gasteiger charge is -2.30. The summed E-state index contributed by atoms with van der Waals surface area (Å²) < 4.78 is 29.2. The summed E-state index contributed by atoms with van der Waals surface area (Å²) in [5.74, 6) is 0.584. The molecule has 2 aromatic carbocycles. The van der Waals surface area contributed by atoms with E-state index < -0.39 is 10.0 Å². The fraction of sp³-hybridized carbons (Fsp3) is 0.368. The SMILES string of the molecule is NS(=O)(=O)c1ccc(OC2c3cc(Cl)cc(Cl)c3CC2N2CCCC2)cc1. The van der Waals surface area contributed by atoms with Crippen molar-refractivity contribution in [3.05, 3.63) is 57.6 Å². The van der Waals surface area contributed by atoms with Crippen LogP contribution in [0.4, 0.5) is 0 Å². The summed E-state index contributed by atoms with van der Waals surface area (Å²) in [6.45, 7) is 2.07. The van der Waals surface area contributed by atoms with Crippen LogP contribution in [0.1, 0.15) is 30.1 Å². The molecular weight excluding hydrogens is 407 g/mol. The molecular formula is C19H20Cl2N2O3S. The summed E-state index contributed by atoms with van der Waals surface area (Å²) in [4.78, 5) is 2.50. The maximum Gasteiger partial charge on any atom is 0.238 e. The molecule has 1 fully saturated rings. The van der Waals surface area contributed by atoms with Gasteiger partial charge in [-0.15, -0.1) is 0 Å². The Balaban J connectivity index is 1.67. The first kappa shape index (κ1) is 19.0. The van der Waals surface area contributed by atoms with Crippen LogP contribution in [0.15, 0.2) is 41.3 Å². The van der Waals surface area contributed by atoms with E-state index in [1.54, 1.807) is 18.2 Å². The van der Waals surface area contributed by atoms with E-state index in [1.807, 2.05) is 6.07 Å².